The molecule has 0 aromatic heterocycles. The van der Waals surface area contributed by atoms with E-state index in [0.717, 1.165) is 16.9 Å². The molecule has 0 radical (unpaired) electrons. The lowest BCUT2D eigenvalue weighted by Gasteiger charge is -2.04. The second-order valence-corrected chi connectivity index (χ2v) is 5.88. The third-order valence-corrected chi connectivity index (χ3v) is 4.02. The lowest BCUT2D eigenvalue weighted by atomic mass is 10.0. The van der Waals surface area contributed by atoms with Crippen LogP contribution in [0.25, 0.3) is 6.08 Å². The SMILES string of the molecule is COc1ccccc1/C=C/C=N/N=C(/C(=O)c1ccccc1)c1ccccc1. The van der Waals surface area contributed by atoms with E-state index in [1.165, 1.54) is 0 Å². The first kappa shape index (κ1) is 19.0. The fourth-order valence-electron chi connectivity index (χ4n) is 2.64. The van der Waals surface area contributed by atoms with E-state index in [0.29, 0.717) is 11.3 Å². The van der Waals surface area contributed by atoms with Gasteiger partial charge in [0.05, 0.1) is 7.11 Å². The van der Waals surface area contributed by atoms with Gasteiger partial charge in [0.25, 0.3) is 0 Å². The van der Waals surface area contributed by atoms with Crippen LogP contribution in [0.2, 0.25) is 0 Å². The monoisotopic (exact) mass is 368 g/mol. The molecule has 0 aliphatic heterocycles. The first-order valence-electron chi connectivity index (χ1n) is 8.85. The van der Waals surface area contributed by atoms with Crippen LogP contribution < -0.4 is 4.74 Å². The number of allylic oxidation sites excluding steroid dienone is 1. The molecule has 3 aromatic rings. The van der Waals surface area contributed by atoms with Crippen molar-refractivity contribution < 1.29 is 9.53 Å². The van der Waals surface area contributed by atoms with Crippen molar-refractivity contribution in [1.82, 2.24) is 0 Å². The highest BCUT2D eigenvalue weighted by Gasteiger charge is 2.15. The number of carbonyl (C=O) groups excluding carboxylic acids is 1. The highest BCUT2D eigenvalue weighted by atomic mass is 16.5. The number of ketones is 1. The van der Waals surface area contributed by atoms with Gasteiger partial charge in [0.15, 0.2) is 0 Å². The van der Waals surface area contributed by atoms with Crippen LogP contribution in [0.4, 0.5) is 0 Å². The first-order chi connectivity index (χ1) is 13.8. The Balaban J connectivity index is 1.84. The number of ether oxygens (including phenoxy) is 1. The number of methoxy groups -OCH3 is 1. The molecule has 138 valence electrons. The molecular formula is C24H20N2O2. The van der Waals surface area contributed by atoms with Crippen LogP contribution in [0.1, 0.15) is 21.5 Å². The molecule has 3 rings (SSSR count). The molecule has 4 heteroatoms. The molecule has 0 heterocycles. The Hall–Kier alpha value is -3.79. The van der Waals surface area contributed by atoms with Gasteiger partial charge in [0.1, 0.15) is 11.5 Å². The maximum absolute atomic E-state index is 12.9. The summed E-state index contributed by atoms with van der Waals surface area (Å²) in [6, 6.07) is 26.1. The summed E-state index contributed by atoms with van der Waals surface area (Å²) >= 11 is 0. The van der Waals surface area contributed by atoms with E-state index < -0.39 is 0 Å². The summed E-state index contributed by atoms with van der Waals surface area (Å²) in [5.74, 6) is 0.609. The molecule has 28 heavy (non-hydrogen) atoms. The van der Waals surface area contributed by atoms with Gasteiger partial charge in [-0.1, -0.05) is 78.9 Å². The molecule has 4 nitrogen and oxygen atoms in total. The van der Waals surface area contributed by atoms with Crippen molar-refractivity contribution in [2.75, 3.05) is 7.11 Å². The van der Waals surface area contributed by atoms with Crippen LogP contribution in [0.15, 0.2) is 101 Å². The van der Waals surface area contributed by atoms with Crippen LogP contribution in [0, 0.1) is 0 Å². The molecule has 0 spiro atoms. The fourth-order valence-corrected chi connectivity index (χ4v) is 2.64. The second kappa shape index (κ2) is 9.78. The maximum Gasteiger partial charge on any atom is 0.213 e. The van der Waals surface area contributed by atoms with Crippen LogP contribution >= 0.6 is 0 Å². The standard InChI is InChI=1S/C24H20N2O2/c1-28-22-17-9-8-11-19(22)16-10-18-25-26-23(20-12-4-2-5-13-20)24(27)21-14-6-3-7-15-21/h2-18H,1H3/b16-10+,25-18+,26-23+. The number of nitrogens with zero attached hydrogens (tertiary/aromatic N) is 2. The van der Waals surface area contributed by atoms with Crippen molar-refractivity contribution >= 4 is 23.8 Å². The molecule has 0 aliphatic rings. The van der Waals surface area contributed by atoms with Gasteiger partial charge in [-0.15, -0.1) is 5.10 Å². The predicted molar refractivity (Wildman–Crippen MR) is 114 cm³/mol. The average molecular weight is 368 g/mol. The molecular weight excluding hydrogens is 348 g/mol. The van der Waals surface area contributed by atoms with Crippen molar-refractivity contribution in [3.8, 4) is 5.75 Å². The molecule has 0 fully saturated rings. The zero-order chi connectivity index (χ0) is 19.6. The molecule has 0 aliphatic carbocycles. The molecule has 0 N–H and O–H groups in total. The smallest absolute Gasteiger partial charge is 0.213 e. The van der Waals surface area contributed by atoms with E-state index in [1.54, 1.807) is 31.5 Å². The lowest BCUT2D eigenvalue weighted by Crippen LogP contribution is -2.15. The van der Waals surface area contributed by atoms with Crippen molar-refractivity contribution in [3.05, 3.63) is 108 Å². The average Bonchev–Trinajstić information content (AvgIpc) is 2.77. The maximum atomic E-state index is 12.9. The Labute approximate surface area is 164 Å². The Bertz CT molecular complexity index is 1010. The van der Waals surface area contributed by atoms with Crippen molar-refractivity contribution in [3.63, 3.8) is 0 Å². The van der Waals surface area contributed by atoms with Gasteiger partial charge < -0.3 is 4.74 Å². The minimum absolute atomic E-state index is 0.169. The second-order valence-electron chi connectivity index (χ2n) is 5.88. The number of hydrogen-bond donors (Lipinski definition) is 0. The van der Waals surface area contributed by atoms with Crippen LogP contribution in [-0.4, -0.2) is 24.8 Å². The van der Waals surface area contributed by atoms with E-state index in [4.69, 9.17) is 4.74 Å². The van der Waals surface area contributed by atoms with E-state index in [2.05, 4.69) is 10.2 Å². The summed E-state index contributed by atoms with van der Waals surface area (Å²) in [5, 5.41) is 8.28. The number of benzene rings is 3. The van der Waals surface area contributed by atoms with Crippen molar-refractivity contribution in [1.29, 1.82) is 0 Å². The summed E-state index contributed by atoms with van der Waals surface area (Å²) in [6.07, 6.45) is 5.18. The van der Waals surface area contributed by atoms with Gasteiger partial charge in [0.2, 0.25) is 5.78 Å². The summed E-state index contributed by atoms with van der Waals surface area (Å²) in [7, 11) is 1.63. The van der Waals surface area contributed by atoms with Gasteiger partial charge in [0, 0.05) is 22.9 Å². The predicted octanol–water partition coefficient (Wildman–Crippen LogP) is 5.07. The van der Waals surface area contributed by atoms with E-state index in [-0.39, 0.29) is 5.78 Å². The zero-order valence-corrected chi connectivity index (χ0v) is 15.5. The van der Waals surface area contributed by atoms with Crippen LogP contribution in [0.5, 0.6) is 5.75 Å². The first-order valence-corrected chi connectivity index (χ1v) is 8.85. The van der Waals surface area contributed by atoms with Crippen LogP contribution in [0.3, 0.4) is 0 Å². The van der Waals surface area contributed by atoms with Gasteiger partial charge >= 0.3 is 0 Å². The fraction of sp³-hybridized carbons (Fsp3) is 0.0417. The van der Waals surface area contributed by atoms with E-state index >= 15 is 0 Å². The summed E-state index contributed by atoms with van der Waals surface area (Å²) in [4.78, 5) is 12.9. The number of para-hydroxylation sites is 1. The quantitative estimate of drug-likeness (QED) is 0.332. The van der Waals surface area contributed by atoms with Crippen molar-refractivity contribution in [2.45, 2.75) is 0 Å². The number of hydrogen-bond acceptors (Lipinski definition) is 4. The molecule has 0 saturated carbocycles. The minimum Gasteiger partial charge on any atom is -0.496 e. The Morgan fingerprint density at radius 3 is 2.11 bits per heavy atom. The van der Waals surface area contributed by atoms with Crippen molar-refractivity contribution in [2.24, 2.45) is 10.2 Å². The summed E-state index contributed by atoms with van der Waals surface area (Å²) in [6.45, 7) is 0. The number of Topliss-reactive ketones (excluding diaryl/α,β-unsaturated/α-hetero) is 1. The van der Waals surface area contributed by atoms with E-state index in [1.807, 2.05) is 78.9 Å². The third-order valence-electron chi connectivity index (χ3n) is 4.02. The zero-order valence-electron chi connectivity index (χ0n) is 15.5. The molecule has 0 bridgehead atoms. The summed E-state index contributed by atoms with van der Waals surface area (Å²) < 4.78 is 5.31. The topological polar surface area (TPSA) is 51.0 Å². The number of carbonyl (C=O) groups is 1. The van der Waals surface area contributed by atoms with Crippen LogP contribution in [-0.2, 0) is 0 Å². The molecule has 0 atom stereocenters. The Morgan fingerprint density at radius 2 is 1.43 bits per heavy atom. The number of rotatable bonds is 7. The lowest BCUT2D eigenvalue weighted by molar-refractivity contribution is 0.106. The molecule has 3 aromatic carbocycles. The Kier molecular flexibility index (Phi) is 6.63. The normalized spacial score (nSPS) is 11.8. The minimum atomic E-state index is -0.169. The van der Waals surface area contributed by atoms with Gasteiger partial charge in [-0.25, -0.2) is 0 Å². The molecule has 0 amide bonds. The van der Waals surface area contributed by atoms with Gasteiger partial charge in [-0.2, -0.15) is 5.10 Å². The highest BCUT2D eigenvalue weighted by molar-refractivity contribution is 6.51. The Morgan fingerprint density at radius 1 is 0.821 bits per heavy atom. The highest BCUT2D eigenvalue weighted by Crippen LogP contribution is 2.18. The van der Waals surface area contributed by atoms with Gasteiger partial charge in [-0.05, 0) is 18.2 Å². The third kappa shape index (κ3) is 4.89. The summed E-state index contributed by atoms with van der Waals surface area (Å²) in [5.41, 5.74) is 2.53. The largest absolute Gasteiger partial charge is 0.496 e. The molecule has 0 unspecified atom stereocenters. The van der Waals surface area contributed by atoms with Gasteiger partial charge in [-0.3, -0.25) is 4.79 Å². The molecule has 0 saturated heterocycles. The van der Waals surface area contributed by atoms with E-state index in [9.17, 15) is 4.79 Å².